The summed E-state index contributed by atoms with van der Waals surface area (Å²) < 4.78 is 11.5. The van der Waals surface area contributed by atoms with Gasteiger partial charge in [0.15, 0.2) is 0 Å². The molecule has 1 rings (SSSR count). The summed E-state index contributed by atoms with van der Waals surface area (Å²) in [7, 11) is -2.13. The Kier molecular flexibility index (Phi) is 6.75. The Morgan fingerprint density at radius 3 is 1.87 bits per heavy atom. The molecule has 2 nitrogen and oxygen atoms in total. The minimum atomic E-state index is -2.13. The van der Waals surface area contributed by atoms with Gasteiger partial charge in [-0.25, -0.2) is 0 Å². The first-order valence-corrected chi connectivity index (χ1v) is 7.38. The van der Waals surface area contributed by atoms with Gasteiger partial charge in [0, 0.05) is 13.2 Å². The quantitative estimate of drug-likeness (QED) is 0.704. The fraction of sp³-hybridized carbons (Fsp3) is 0.455. The van der Waals surface area contributed by atoms with Gasteiger partial charge >= 0.3 is 8.56 Å². The molecule has 0 fully saturated rings. The molecule has 1 aromatic rings. The maximum absolute atomic E-state index is 5.77. The minimum Gasteiger partial charge on any atom is -0.391 e. The van der Waals surface area contributed by atoms with Gasteiger partial charge in [-0.2, -0.15) is 0 Å². The first kappa shape index (κ1) is 14.6. The first-order chi connectivity index (χ1) is 6.73. The zero-order chi connectivity index (χ0) is 10.4. The van der Waals surface area contributed by atoms with E-state index in [9.17, 15) is 0 Å². The number of hydrogen-bond donors (Lipinski definition) is 0. The highest BCUT2D eigenvalue weighted by atomic mass is 28.4. The third kappa shape index (κ3) is 3.91. The first-order valence-electron chi connectivity index (χ1n) is 5.06. The monoisotopic (exact) mass is 242 g/mol. The van der Waals surface area contributed by atoms with E-state index in [0.717, 1.165) is 0 Å². The molecule has 4 heteroatoms. The molecule has 1 aromatic carbocycles. The second-order valence-corrected chi connectivity index (χ2v) is 6.22. The molecule has 0 aliphatic rings. The van der Waals surface area contributed by atoms with Gasteiger partial charge in [0.2, 0.25) is 0 Å². The second kappa shape index (κ2) is 6.95. The average molecular weight is 242 g/mol. The van der Waals surface area contributed by atoms with Crippen LogP contribution in [-0.4, -0.2) is 32.7 Å². The van der Waals surface area contributed by atoms with Crippen LogP contribution < -0.4 is 5.19 Å². The van der Waals surface area contributed by atoms with Crippen molar-refractivity contribution in [1.82, 2.24) is 0 Å². The molecule has 0 heterocycles. The molecule has 0 aliphatic carbocycles. The van der Waals surface area contributed by atoms with E-state index in [1.54, 1.807) is 0 Å². The number of benzene rings is 1. The van der Waals surface area contributed by atoms with Crippen LogP contribution >= 0.6 is 0 Å². The van der Waals surface area contributed by atoms with Gasteiger partial charge in [-0.3, -0.25) is 0 Å². The van der Waals surface area contributed by atoms with Crippen molar-refractivity contribution in [2.45, 2.75) is 20.4 Å². The Bertz CT molecular complexity index is 259. The maximum Gasteiger partial charge on any atom is 0.369 e. The van der Waals surface area contributed by atoms with E-state index in [-0.39, 0.29) is 11.0 Å². The van der Waals surface area contributed by atoms with E-state index in [0.29, 0.717) is 13.2 Å². The van der Waals surface area contributed by atoms with Crippen LogP contribution in [0.25, 0.3) is 0 Å². The van der Waals surface area contributed by atoms with Crippen LogP contribution in [-0.2, 0) is 8.85 Å². The lowest BCUT2D eigenvalue weighted by molar-refractivity contribution is 0.202. The Balaban J connectivity index is 0.00000196. The molecular weight excluding hydrogens is 220 g/mol. The molecule has 0 unspecified atom stereocenters. The summed E-state index contributed by atoms with van der Waals surface area (Å²) in [6, 6.07) is 10.2. The molecule has 0 saturated carbocycles. The Labute approximate surface area is 97.9 Å². The summed E-state index contributed by atoms with van der Waals surface area (Å²) in [6.45, 7) is 7.52. The predicted molar refractivity (Wildman–Crippen MR) is 72.3 cm³/mol. The van der Waals surface area contributed by atoms with Gasteiger partial charge in [0.1, 0.15) is 0 Å². The highest BCUT2D eigenvalue weighted by Crippen LogP contribution is 2.07. The average Bonchev–Trinajstić information content (AvgIpc) is 2.20. The zero-order valence-electron chi connectivity index (χ0n) is 9.12. The molecule has 0 aromatic heterocycles. The van der Waals surface area contributed by atoms with Crippen LogP contribution in [0.3, 0.4) is 0 Å². The molecule has 0 aliphatic heterocycles. The molecule has 0 N–H and O–H groups in total. The van der Waals surface area contributed by atoms with Gasteiger partial charge in [-0.1, -0.05) is 30.3 Å². The van der Waals surface area contributed by atoms with Crippen LogP contribution in [0.2, 0.25) is 6.55 Å². The molecule has 0 atom stereocenters. The number of rotatable bonds is 5. The fourth-order valence-electron chi connectivity index (χ4n) is 1.50. The van der Waals surface area contributed by atoms with E-state index >= 15 is 0 Å². The Hall–Kier alpha value is -0.426. The number of hydrogen-bond acceptors (Lipinski definition) is 2. The van der Waals surface area contributed by atoms with E-state index in [2.05, 4.69) is 18.7 Å². The van der Waals surface area contributed by atoms with Gasteiger partial charge in [-0.15, -0.1) is 0 Å². The predicted octanol–water partition coefficient (Wildman–Crippen LogP) is 0.587. The van der Waals surface area contributed by atoms with Crippen molar-refractivity contribution in [1.29, 1.82) is 0 Å². The molecule has 0 bridgehead atoms. The second-order valence-electron chi connectivity index (χ2n) is 3.18. The molecule has 86 valence electrons. The standard InChI is InChI=1S/C11H18O2Si.H4Si/c1-4-12-14(3,13-5-2)11-9-7-6-8-10-11;/h6-10H,4-5H2,1-3H3;1H4. The summed E-state index contributed by atoms with van der Waals surface area (Å²) >= 11 is 0. The van der Waals surface area contributed by atoms with Crippen molar-refractivity contribution in [2.75, 3.05) is 13.2 Å². The lowest BCUT2D eigenvalue weighted by atomic mass is 10.4. The van der Waals surface area contributed by atoms with Crippen molar-refractivity contribution >= 4 is 24.7 Å². The lowest BCUT2D eigenvalue weighted by Crippen LogP contribution is -2.51. The normalized spacial score (nSPS) is 10.9. The third-order valence-electron chi connectivity index (χ3n) is 2.14. The van der Waals surface area contributed by atoms with Crippen molar-refractivity contribution < 1.29 is 8.85 Å². The molecule has 0 saturated heterocycles. The Morgan fingerprint density at radius 1 is 1.00 bits per heavy atom. The SMILES string of the molecule is CCO[Si](C)(OCC)c1ccccc1.[SiH4]. The van der Waals surface area contributed by atoms with E-state index in [4.69, 9.17) is 8.85 Å². The van der Waals surface area contributed by atoms with Crippen LogP contribution in [0.15, 0.2) is 30.3 Å². The molecule has 0 amide bonds. The summed E-state index contributed by atoms with van der Waals surface area (Å²) in [4.78, 5) is 0. The van der Waals surface area contributed by atoms with Gasteiger partial charge in [0.05, 0.1) is 0 Å². The van der Waals surface area contributed by atoms with Crippen molar-refractivity contribution in [2.24, 2.45) is 0 Å². The fourth-order valence-corrected chi connectivity index (χ4v) is 3.82. The van der Waals surface area contributed by atoms with E-state index < -0.39 is 8.56 Å². The lowest BCUT2D eigenvalue weighted by Gasteiger charge is -2.26. The summed E-state index contributed by atoms with van der Waals surface area (Å²) in [5.41, 5.74) is 0. The summed E-state index contributed by atoms with van der Waals surface area (Å²) in [6.07, 6.45) is 0. The van der Waals surface area contributed by atoms with Crippen LogP contribution in [0, 0.1) is 0 Å². The van der Waals surface area contributed by atoms with Crippen molar-refractivity contribution in [3.05, 3.63) is 30.3 Å². The van der Waals surface area contributed by atoms with Crippen LogP contribution in [0.1, 0.15) is 13.8 Å². The van der Waals surface area contributed by atoms with E-state index in [1.165, 1.54) is 5.19 Å². The minimum absolute atomic E-state index is 0. The largest absolute Gasteiger partial charge is 0.391 e. The van der Waals surface area contributed by atoms with E-state index in [1.807, 2.05) is 32.0 Å². The van der Waals surface area contributed by atoms with Crippen molar-refractivity contribution in [3.63, 3.8) is 0 Å². The van der Waals surface area contributed by atoms with Crippen LogP contribution in [0.4, 0.5) is 0 Å². The molecule has 0 spiro atoms. The highest BCUT2D eigenvalue weighted by Gasteiger charge is 2.32. The van der Waals surface area contributed by atoms with Gasteiger partial charge < -0.3 is 8.85 Å². The maximum atomic E-state index is 5.77. The summed E-state index contributed by atoms with van der Waals surface area (Å²) in [5.74, 6) is 0. The van der Waals surface area contributed by atoms with Crippen LogP contribution in [0.5, 0.6) is 0 Å². The Morgan fingerprint density at radius 2 is 1.47 bits per heavy atom. The third-order valence-corrected chi connectivity index (χ3v) is 5.20. The molecule has 0 radical (unpaired) electrons. The molecular formula is C11H22O2Si2. The van der Waals surface area contributed by atoms with Crippen molar-refractivity contribution in [3.8, 4) is 0 Å². The zero-order valence-corrected chi connectivity index (χ0v) is 10.1. The topological polar surface area (TPSA) is 18.5 Å². The highest BCUT2D eigenvalue weighted by molar-refractivity contribution is 6.79. The molecule has 15 heavy (non-hydrogen) atoms. The summed E-state index contributed by atoms with van der Waals surface area (Å²) in [5, 5.41) is 1.20. The smallest absolute Gasteiger partial charge is 0.369 e. The van der Waals surface area contributed by atoms with Gasteiger partial charge in [-0.05, 0) is 36.5 Å². The van der Waals surface area contributed by atoms with Gasteiger partial charge in [0.25, 0.3) is 0 Å².